The van der Waals surface area contributed by atoms with Gasteiger partial charge >= 0.3 is 0 Å². The van der Waals surface area contributed by atoms with E-state index in [9.17, 15) is 0 Å². The molecule has 19 heavy (non-hydrogen) atoms. The van der Waals surface area contributed by atoms with Gasteiger partial charge < -0.3 is 5.32 Å². The molecular weight excluding hydrogens is 283 g/mol. The number of halogens is 2. The SMILES string of the molecule is CCCNCc1ncnn1Cc1ccc(Cl)cc1Cl. The van der Waals surface area contributed by atoms with Crippen molar-refractivity contribution < 1.29 is 0 Å². The molecule has 0 aliphatic rings. The van der Waals surface area contributed by atoms with Crippen LogP contribution in [0.2, 0.25) is 10.0 Å². The fourth-order valence-electron chi connectivity index (χ4n) is 1.75. The molecule has 2 aromatic rings. The molecule has 0 saturated carbocycles. The van der Waals surface area contributed by atoms with Gasteiger partial charge in [0.1, 0.15) is 12.2 Å². The Morgan fingerprint density at radius 1 is 1.32 bits per heavy atom. The predicted molar refractivity (Wildman–Crippen MR) is 77.6 cm³/mol. The van der Waals surface area contributed by atoms with Gasteiger partial charge in [0.05, 0.1) is 13.1 Å². The van der Waals surface area contributed by atoms with Gasteiger partial charge in [0, 0.05) is 10.0 Å². The van der Waals surface area contributed by atoms with E-state index in [0.717, 1.165) is 24.4 Å². The van der Waals surface area contributed by atoms with Crippen molar-refractivity contribution in [1.82, 2.24) is 20.1 Å². The van der Waals surface area contributed by atoms with Crippen LogP contribution < -0.4 is 5.32 Å². The molecule has 2 rings (SSSR count). The molecule has 0 saturated heterocycles. The minimum Gasteiger partial charge on any atom is -0.310 e. The molecule has 0 bridgehead atoms. The molecule has 6 heteroatoms. The van der Waals surface area contributed by atoms with E-state index in [4.69, 9.17) is 23.2 Å². The van der Waals surface area contributed by atoms with Crippen LogP contribution in [0.25, 0.3) is 0 Å². The first-order chi connectivity index (χ1) is 9.20. The Labute approximate surface area is 122 Å². The number of nitrogens with one attached hydrogen (secondary N) is 1. The van der Waals surface area contributed by atoms with Crippen LogP contribution in [0.5, 0.6) is 0 Å². The first kappa shape index (κ1) is 14.3. The third-order valence-corrected chi connectivity index (χ3v) is 3.33. The standard InChI is InChI=1S/C13H16Cl2N4/c1-2-5-16-7-13-17-9-18-19(13)8-10-3-4-11(14)6-12(10)15/h3-4,6,9,16H,2,5,7-8H2,1H3. The zero-order chi connectivity index (χ0) is 13.7. The summed E-state index contributed by atoms with van der Waals surface area (Å²) in [6.07, 6.45) is 2.66. The van der Waals surface area contributed by atoms with E-state index in [2.05, 4.69) is 22.3 Å². The van der Waals surface area contributed by atoms with Crippen LogP contribution in [0, 0.1) is 0 Å². The van der Waals surface area contributed by atoms with Crippen LogP contribution >= 0.6 is 23.2 Å². The molecule has 0 aliphatic carbocycles. The Morgan fingerprint density at radius 2 is 2.16 bits per heavy atom. The smallest absolute Gasteiger partial charge is 0.141 e. The molecule has 0 aliphatic heterocycles. The number of aromatic nitrogens is 3. The summed E-state index contributed by atoms with van der Waals surface area (Å²) in [5.74, 6) is 0.902. The minimum absolute atomic E-state index is 0.596. The molecular formula is C13H16Cl2N4. The molecule has 1 aromatic carbocycles. The zero-order valence-corrected chi connectivity index (χ0v) is 12.2. The molecule has 0 unspecified atom stereocenters. The van der Waals surface area contributed by atoms with Crippen molar-refractivity contribution >= 4 is 23.2 Å². The maximum atomic E-state index is 6.16. The fourth-order valence-corrected chi connectivity index (χ4v) is 2.21. The van der Waals surface area contributed by atoms with Crippen LogP contribution in [0.15, 0.2) is 24.5 Å². The van der Waals surface area contributed by atoms with Crippen LogP contribution in [0.4, 0.5) is 0 Å². The highest BCUT2D eigenvalue weighted by atomic mass is 35.5. The van der Waals surface area contributed by atoms with Crippen molar-refractivity contribution in [2.24, 2.45) is 0 Å². The molecule has 102 valence electrons. The van der Waals surface area contributed by atoms with E-state index in [0.29, 0.717) is 23.1 Å². The third-order valence-electron chi connectivity index (χ3n) is 2.74. The van der Waals surface area contributed by atoms with Crippen molar-refractivity contribution in [2.75, 3.05) is 6.54 Å². The Balaban J connectivity index is 2.08. The topological polar surface area (TPSA) is 42.7 Å². The monoisotopic (exact) mass is 298 g/mol. The summed E-state index contributed by atoms with van der Waals surface area (Å²) in [5.41, 5.74) is 0.980. The van der Waals surface area contributed by atoms with Crippen LogP contribution in [-0.2, 0) is 13.1 Å². The number of benzene rings is 1. The van der Waals surface area contributed by atoms with Gasteiger partial charge in [0.25, 0.3) is 0 Å². The lowest BCUT2D eigenvalue weighted by molar-refractivity contribution is 0.583. The molecule has 0 radical (unpaired) electrons. The molecule has 1 aromatic heterocycles. The van der Waals surface area contributed by atoms with E-state index < -0.39 is 0 Å². The second-order valence-electron chi connectivity index (χ2n) is 4.25. The molecule has 4 nitrogen and oxygen atoms in total. The van der Waals surface area contributed by atoms with E-state index in [1.54, 1.807) is 12.4 Å². The second kappa shape index (κ2) is 6.89. The van der Waals surface area contributed by atoms with Crippen molar-refractivity contribution in [3.05, 3.63) is 46.0 Å². The third kappa shape index (κ3) is 3.93. The lowest BCUT2D eigenvalue weighted by Gasteiger charge is -2.08. The van der Waals surface area contributed by atoms with E-state index in [-0.39, 0.29) is 0 Å². The maximum absolute atomic E-state index is 6.16. The van der Waals surface area contributed by atoms with Gasteiger partial charge in [0.2, 0.25) is 0 Å². The minimum atomic E-state index is 0.596. The average molecular weight is 299 g/mol. The van der Waals surface area contributed by atoms with Gasteiger partial charge in [-0.1, -0.05) is 36.2 Å². The summed E-state index contributed by atoms with van der Waals surface area (Å²) in [6.45, 7) is 4.40. The van der Waals surface area contributed by atoms with Gasteiger partial charge in [0.15, 0.2) is 0 Å². The molecule has 1 N–H and O–H groups in total. The highest BCUT2D eigenvalue weighted by molar-refractivity contribution is 6.35. The Hall–Kier alpha value is -1.10. The van der Waals surface area contributed by atoms with E-state index >= 15 is 0 Å². The maximum Gasteiger partial charge on any atom is 0.141 e. The molecule has 0 fully saturated rings. The van der Waals surface area contributed by atoms with Gasteiger partial charge in [-0.25, -0.2) is 9.67 Å². The molecule has 0 amide bonds. The highest BCUT2D eigenvalue weighted by Gasteiger charge is 2.07. The van der Waals surface area contributed by atoms with Crippen molar-refractivity contribution in [3.8, 4) is 0 Å². The summed E-state index contributed by atoms with van der Waals surface area (Å²) in [7, 11) is 0. The summed E-state index contributed by atoms with van der Waals surface area (Å²) in [6, 6.07) is 5.48. The lowest BCUT2D eigenvalue weighted by Crippen LogP contribution is -2.18. The predicted octanol–water partition coefficient (Wildman–Crippen LogP) is 3.13. The lowest BCUT2D eigenvalue weighted by atomic mass is 10.2. The average Bonchev–Trinajstić information content (AvgIpc) is 2.81. The van der Waals surface area contributed by atoms with Crippen molar-refractivity contribution in [2.45, 2.75) is 26.4 Å². The Bertz CT molecular complexity index is 539. The summed E-state index contributed by atoms with van der Waals surface area (Å²) >= 11 is 12.0. The fraction of sp³-hybridized carbons (Fsp3) is 0.385. The highest BCUT2D eigenvalue weighted by Crippen LogP contribution is 2.21. The van der Waals surface area contributed by atoms with E-state index in [1.807, 2.05) is 16.8 Å². The number of hydrogen-bond acceptors (Lipinski definition) is 3. The Morgan fingerprint density at radius 3 is 2.89 bits per heavy atom. The molecule has 0 atom stereocenters. The van der Waals surface area contributed by atoms with Gasteiger partial charge in [-0.15, -0.1) is 0 Å². The van der Waals surface area contributed by atoms with E-state index in [1.165, 1.54) is 0 Å². The summed E-state index contributed by atoms with van der Waals surface area (Å²) in [4.78, 5) is 4.25. The van der Waals surface area contributed by atoms with Crippen molar-refractivity contribution in [3.63, 3.8) is 0 Å². The van der Waals surface area contributed by atoms with Gasteiger partial charge in [-0.3, -0.25) is 0 Å². The second-order valence-corrected chi connectivity index (χ2v) is 5.09. The van der Waals surface area contributed by atoms with Gasteiger partial charge in [-0.2, -0.15) is 5.10 Å². The summed E-state index contributed by atoms with van der Waals surface area (Å²) in [5, 5.41) is 8.82. The Kier molecular flexibility index (Phi) is 5.19. The van der Waals surface area contributed by atoms with Crippen LogP contribution in [-0.4, -0.2) is 21.3 Å². The summed E-state index contributed by atoms with van der Waals surface area (Å²) < 4.78 is 1.85. The van der Waals surface area contributed by atoms with Crippen LogP contribution in [0.1, 0.15) is 24.7 Å². The first-order valence-corrected chi connectivity index (χ1v) is 6.97. The molecule has 1 heterocycles. The number of rotatable bonds is 6. The first-order valence-electron chi connectivity index (χ1n) is 6.22. The number of nitrogens with zero attached hydrogens (tertiary/aromatic N) is 3. The number of hydrogen-bond donors (Lipinski definition) is 1. The normalized spacial score (nSPS) is 10.9. The van der Waals surface area contributed by atoms with Gasteiger partial charge in [-0.05, 0) is 30.7 Å². The zero-order valence-electron chi connectivity index (χ0n) is 10.7. The molecule has 0 spiro atoms. The largest absolute Gasteiger partial charge is 0.310 e. The van der Waals surface area contributed by atoms with Crippen LogP contribution in [0.3, 0.4) is 0 Å². The quantitative estimate of drug-likeness (QED) is 0.833. The van der Waals surface area contributed by atoms with Crippen molar-refractivity contribution in [1.29, 1.82) is 0 Å².